The fraction of sp³-hybridized carbons (Fsp3) is 0.438. The Morgan fingerprint density at radius 2 is 2.14 bits per heavy atom. The summed E-state index contributed by atoms with van der Waals surface area (Å²) in [7, 11) is 0. The second-order valence-electron chi connectivity index (χ2n) is 5.68. The molecule has 0 bridgehead atoms. The van der Waals surface area contributed by atoms with E-state index in [1.54, 1.807) is 0 Å². The molecule has 0 radical (unpaired) electrons. The Hall–Kier alpha value is -1.17. The van der Waals surface area contributed by atoms with Crippen molar-refractivity contribution in [3.05, 3.63) is 51.8 Å². The first-order valence-electron chi connectivity index (χ1n) is 7.27. The molecule has 3 rings (SSSR count). The predicted molar refractivity (Wildman–Crippen MR) is 86.1 cm³/mol. The second kappa shape index (κ2) is 5.91. The third-order valence-electron chi connectivity index (χ3n) is 3.95. The van der Waals surface area contributed by atoms with Crippen molar-refractivity contribution in [3.63, 3.8) is 0 Å². The number of hydrogen-bond donors (Lipinski definition) is 1. The van der Waals surface area contributed by atoms with Crippen LogP contribution in [0.25, 0.3) is 0 Å². The lowest BCUT2D eigenvalue weighted by Crippen LogP contribution is -2.29. The number of fused-ring (bicyclic) bond motifs is 1. The Bertz CT molecular complexity index is 638. The van der Waals surface area contributed by atoms with E-state index in [1.807, 2.05) is 16.9 Å². The molecule has 21 heavy (non-hydrogen) atoms. The van der Waals surface area contributed by atoms with Crippen LogP contribution in [0.3, 0.4) is 0 Å². The molecule has 0 fully saturated rings. The summed E-state index contributed by atoms with van der Waals surface area (Å²) in [4.78, 5) is 0. The molecule has 1 aromatic carbocycles. The summed E-state index contributed by atoms with van der Waals surface area (Å²) < 4.78 is 8.90. The highest BCUT2D eigenvalue weighted by Crippen LogP contribution is 2.38. The Morgan fingerprint density at radius 3 is 2.90 bits per heavy atom. The van der Waals surface area contributed by atoms with E-state index < -0.39 is 0 Å². The summed E-state index contributed by atoms with van der Waals surface area (Å²) in [5.74, 6) is 0. The molecule has 0 amide bonds. The lowest BCUT2D eigenvalue weighted by atomic mass is 9.92. The molecule has 0 saturated heterocycles. The summed E-state index contributed by atoms with van der Waals surface area (Å²) >= 11 is 3.57. The number of halogens is 1. The van der Waals surface area contributed by atoms with Gasteiger partial charge < -0.3 is 10.5 Å². The van der Waals surface area contributed by atoms with Crippen molar-refractivity contribution in [2.75, 3.05) is 6.61 Å². The molecular formula is C16H20BrN3O. The molecule has 0 saturated carbocycles. The van der Waals surface area contributed by atoms with Crippen LogP contribution in [0.5, 0.6) is 0 Å². The molecule has 1 aromatic heterocycles. The van der Waals surface area contributed by atoms with Gasteiger partial charge in [0.05, 0.1) is 29.0 Å². The first-order valence-corrected chi connectivity index (χ1v) is 8.06. The number of ether oxygens (including phenoxy) is 1. The number of rotatable bonds is 3. The SMILES string of the molecule is CC(C)n1ncc(Br)c1C(N)C1OCCc2ccccc21. The topological polar surface area (TPSA) is 53.1 Å². The van der Waals surface area contributed by atoms with Crippen LogP contribution in [-0.2, 0) is 11.2 Å². The van der Waals surface area contributed by atoms with Crippen LogP contribution in [0.4, 0.5) is 0 Å². The molecule has 2 aromatic rings. The molecule has 2 N–H and O–H groups in total. The van der Waals surface area contributed by atoms with Crippen molar-refractivity contribution in [1.82, 2.24) is 9.78 Å². The van der Waals surface area contributed by atoms with Crippen molar-refractivity contribution in [2.45, 2.75) is 38.5 Å². The highest BCUT2D eigenvalue weighted by Gasteiger charge is 2.31. The minimum Gasteiger partial charge on any atom is -0.371 e. The monoisotopic (exact) mass is 349 g/mol. The summed E-state index contributed by atoms with van der Waals surface area (Å²) in [5, 5.41) is 4.42. The Morgan fingerprint density at radius 1 is 1.38 bits per heavy atom. The van der Waals surface area contributed by atoms with E-state index in [2.05, 4.69) is 53.1 Å². The normalized spacial score (nSPS) is 19.6. The van der Waals surface area contributed by atoms with Gasteiger partial charge >= 0.3 is 0 Å². The zero-order chi connectivity index (χ0) is 15.0. The first kappa shape index (κ1) is 14.8. The van der Waals surface area contributed by atoms with Crippen LogP contribution in [0.1, 0.15) is 48.9 Å². The van der Waals surface area contributed by atoms with Crippen molar-refractivity contribution < 1.29 is 4.74 Å². The zero-order valence-corrected chi connectivity index (χ0v) is 13.9. The minimum atomic E-state index is -0.245. The summed E-state index contributed by atoms with van der Waals surface area (Å²) in [5.41, 5.74) is 10.1. The third-order valence-corrected chi connectivity index (χ3v) is 4.56. The largest absolute Gasteiger partial charge is 0.371 e. The Labute approximate surface area is 133 Å². The fourth-order valence-corrected chi connectivity index (χ4v) is 3.48. The van der Waals surface area contributed by atoms with Gasteiger partial charge in [0.25, 0.3) is 0 Å². The number of nitrogens with two attached hydrogens (primary N) is 1. The van der Waals surface area contributed by atoms with Gasteiger partial charge in [0.15, 0.2) is 0 Å². The Kier molecular flexibility index (Phi) is 4.15. The molecule has 0 spiro atoms. The lowest BCUT2D eigenvalue weighted by molar-refractivity contribution is 0.0218. The number of benzene rings is 1. The molecule has 5 heteroatoms. The smallest absolute Gasteiger partial charge is 0.104 e. The summed E-state index contributed by atoms with van der Waals surface area (Å²) in [6.07, 6.45) is 2.63. The van der Waals surface area contributed by atoms with Gasteiger partial charge in [0.1, 0.15) is 6.10 Å². The summed E-state index contributed by atoms with van der Waals surface area (Å²) in [6.45, 7) is 4.92. The van der Waals surface area contributed by atoms with Crippen molar-refractivity contribution in [3.8, 4) is 0 Å². The highest BCUT2D eigenvalue weighted by molar-refractivity contribution is 9.10. The average molecular weight is 350 g/mol. The molecule has 4 nitrogen and oxygen atoms in total. The van der Waals surface area contributed by atoms with Gasteiger partial charge in [0.2, 0.25) is 0 Å². The highest BCUT2D eigenvalue weighted by atomic mass is 79.9. The van der Waals surface area contributed by atoms with Gasteiger partial charge in [-0.2, -0.15) is 5.10 Å². The molecule has 1 aliphatic rings. The maximum atomic E-state index is 6.55. The standard InChI is InChI=1S/C16H20BrN3O/c1-10(2)20-15(13(17)9-19-20)14(18)16-12-6-4-3-5-11(12)7-8-21-16/h3-6,9-10,14,16H,7-8,18H2,1-2H3. The maximum absolute atomic E-state index is 6.55. The molecule has 0 aliphatic carbocycles. The van der Waals surface area contributed by atoms with Crippen LogP contribution in [0.15, 0.2) is 34.9 Å². The Balaban J connectivity index is 2.01. The van der Waals surface area contributed by atoms with Crippen LogP contribution >= 0.6 is 15.9 Å². The van der Waals surface area contributed by atoms with E-state index in [0.29, 0.717) is 6.61 Å². The molecule has 112 valence electrons. The van der Waals surface area contributed by atoms with E-state index in [1.165, 1.54) is 11.1 Å². The molecule has 1 aliphatic heterocycles. The quantitative estimate of drug-likeness (QED) is 0.921. The number of nitrogens with zero attached hydrogens (tertiary/aromatic N) is 2. The number of hydrogen-bond acceptors (Lipinski definition) is 3. The van der Waals surface area contributed by atoms with Gasteiger partial charge in [-0.15, -0.1) is 0 Å². The maximum Gasteiger partial charge on any atom is 0.104 e. The van der Waals surface area contributed by atoms with E-state index in [0.717, 1.165) is 16.6 Å². The molecule has 2 unspecified atom stereocenters. The predicted octanol–water partition coefficient (Wildman–Crippen LogP) is 3.54. The zero-order valence-electron chi connectivity index (χ0n) is 12.3. The number of aromatic nitrogens is 2. The van der Waals surface area contributed by atoms with Gasteiger partial charge in [-0.1, -0.05) is 24.3 Å². The van der Waals surface area contributed by atoms with Gasteiger partial charge in [-0.25, -0.2) is 0 Å². The minimum absolute atomic E-state index is 0.125. The van der Waals surface area contributed by atoms with Crippen molar-refractivity contribution in [1.29, 1.82) is 0 Å². The van der Waals surface area contributed by atoms with Crippen molar-refractivity contribution >= 4 is 15.9 Å². The van der Waals surface area contributed by atoms with Crippen LogP contribution in [0.2, 0.25) is 0 Å². The van der Waals surface area contributed by atoms with E-state index in [9.17, 15) is 0 Å². The lowest BCUT2D eigenvalue weighted by Gasteiger charge is -2.31. The van der Waals surface area contributed by atoms with Gasteiger partial charge in [-0.3, -0.25) is 4.68 Å². The fourth-order valence-electron chi connectivity index (χ4n) is 2.94. The van der Waals surface area contributed by atoms with Crippen LogP contribution in [-0.4, -0.2) is 16.4 Å². The van der Waals surface area contributed by atoms with Gasteiger partial charge in [0, 0.05) is 6.04 Å². The van der Waals surface area contributed by atoms with E-state index in [4.69, 9.17) is 10.5 Å². The van der Waals surface area contributed by atoms with Gasteiger partial charge in [-0.05, 0) is 47.3 Å². The molecular weight excluding hydrogens is 330 g/mol. The molecule has 2 atom stereocenters. The first-order chi connectivity index (χ1) is 10.1. The second-order valence-corrected chi connectivity index (χ2v) is 6.54. The van der Waals surface area contributed by atoms with Crippen LogP contribution in [0, 0.1) is 0 Å². The molecule has 2 heterocycles. The van der Waals surface area contributed by atoms with Crippen LogP contribution < -0.4 is 5.73 Å². The van der Waals surface area contributed by atoms with E-state index >= 15 is 0 Å². The van der Waals surface area contributed by atoms with E-state index in [-0.39, 0.29) is 18.2 Å². The summed E-state index contributed by atoms with van der Waals surface area (Å²) in [6, 6.07) is 8.40. The third kappa shape index (κ3) is 2.65. The average Bonchev–Trinajstić information content (AvgIpc) is 2.88. The van der Waals surface area contributed by atoms with Crippen molar-refractivity contribution in [2.24, 2.45) is 5.73 Å².